The first kappa shape index (κ1) is 44.1. The summed E-state index contributed by atoms with van der Waals surface area (Å²) in [7, 11) is -4.48. The van der Waals surface area contributed by atoms with Crippen LogP contribution in [0.1, 0.15) is 175 Å². The van der Waals surface area contributed by atoms with Crippen LogP contribution in [-0.4, -0.2) is 29.4 Å². The van der Waals surface area contributed by atoms with Crippen molar-refractivity contribution < 1.29 is 0 Å². The van der Waals surface area contributed by atoms with E-state index in [4.69, 9.17) is 0 Å². The number of benzene rings is 1. The summed E-state index contributed by atoms with van der Waals surface area (Å²) >= 11 is 0. The van der Waals surface area contributed by atoms with Crippen molar-refractivity contribution in [3.8, 4) is 0 Å². The maximum absolute atomic E-state index is 2.96. The lowest BCUT2D eigenvalue weighted by molar-refractivity contribution is 0.584. The third-order valence-electron chi connectivity index (χ3n) is 12.2. The summed E-state index contributed by atoms with van der Waals surface area (Å²) in [6, 6.07) is 17.4. The van der Waals surface area contributed by atoms with Gasteiger partial charge < -0.3 is 0 Å². The first-order chi connectivity index (χ1) is 22.0. The van der Waals surface area contributed by atoms with Gasteiger partial charge in [0, 0.05) is 22.8 Å². The number of unbranched alkanes of at least 4 members (excludes halogenated alkanes) is 21. The predicted octanol–water partition coefficient (Wildman–Crippen LogP) is 15.1. The van der Waals surface area contributed by atoms with Crippen LogP contribution in [0.15, 0.2) is 30.3 Å². The van der Waals surface area contributed by atoms with Gasteiger partial charge in [-0.25, -0.2) is 0 Å². The zero-order valence-electron chi connectivity index (χ0n) is 33.5. The smallest absolute Gasteiger partial charge is 0.0693 e. The number of rotatable bonds is 31. The highest BCUT2D eigenvalue weighted by Crippen LogP contribution is 2.44. The van der Waals surface area contributed by atoms with Gasteiger partial charge in [-0.2, -0.15) is 0 Å². The molecule has 0 heterocycles. The summed E-state index contributed by atoms with van der Waals surface area (Å²) in [4.78, 5) is 0. The third-order valence-corrected chi connectivity index (χ3v) is 84.0. The van der Waals surface area contributed by atoms with E-state index >= 15 is 0 Å². The standard InChI is InChI=1S/C42H86Si4/c1-10-13-16-19-22-25-28-34-39-43(4,5)46(42-37-32-31-33-38-42,44(6,7)40-35-29-26-23-20-17-14-11-2)45(8,9)41-36-30-27-24-21-18-15-12-3/h31-33,37-38H,10-30,34-36,39-41H2,1-9H3. The molecule has 0 bridgehead atoms. The Hall–Kier alpha value is 0.0875. The van der Waals surface area contributed by atoms with Gasteiger partial charge in [-0.05, 0) is 0 Å². The Morgan fingerprint density at radius 2 is 0.565 bits per heavy atom. The van der Waals surface area contributed by atoms with Gasteiger partial charge in [0.25, 0.3) is 0 Å². The van der Waals surface area contributed by atoms with Crippen LogP contribution < -0.4 is 5.19 Å². The van der Waals surface area contributed by atoms with Crippen LogP contribution in [0.3, 0.4) is 0 Å². The molecular formula is C42H86Si4. The van der Waals surface area contributed by atoms with Crippen molar-refractivity contribution in [2.45, 2.75) is 232 Å². The Morgan fingerprint density at radius 3 is 0.826 bits per heavy atom. The molecular weight excluding hydrogens is 617 g/mol. The monoisotopic (exact) mass is 703 g/mol. The molecule has 0 aliphatic rings. The molecule has 0 saturated carbocycles. The second kappa shape index (κ2) is 25.1. The SMILES string of the molecule is CCCCCCCCCC[Si](C)(C)[Si](c1ccccc1)([Si](C)(C)CCCCCCCCCC)[Si](C)(C)CCCCCCCCCC. The Bertz CT molecular complexity index is 752. The highest BCUT2D eigenvalue weighted by Gasteiger charge is 2.66. The summed E-state index contributed by atoms with van der Waals surface area (Å²) in [5.41, 5.74) is 0. The van der Waals surface area contributed by atoms with Crippen LogP contribution in [0.2, 0.25) is 57.4 Å². The van der Waals surface area contributed by atoms with Crippen molar-refractivity contribution in [3.63, 3.8) is 0 Å². The maximum Gasteiger partial charge on any atom is 0.0693 e. The van der Waals surface area contributed by atoms with Crippen LogP contribution in [0.4, 0.5) is 0 Å². The van der Waals surface area contributed by atoms with E-state index in [2.05, 4.69) is 90.4 Å². The Labute approximate surface area is 295 Å². The van der Waals surface area contributed by atoms with E-state index in [0.29, 0.717) is 0 Å². The molecule has 0 aliphatic carbocycles. The fourth-order valence-corrected chi connectivity index (χ4v) is 110. The molecule has 1 aromatic rings. The Balaban J connectivity index is 3.23. The molecule has 270 valence electrons. The average Bonchev–Trinajstić information content (AvgIpc) is 3.01. The van der Waals surface area contributed by atoms with E-state index in [0.717, 1.165) is 0 Å². The fraction of sp³-hybridized carbons (Fsp3) is 0.857. The van der Waals surface area contributed by atoms with Crippen molar-refractivity contribution in [1.29, 1.82) is 0 Å². The van der Waals surface area contributed by atoms with Gasteiger partial charge >= 0.3 is 0 Å². The first-order valence-corrected chi connectivity index (χ1v) is 35.7. The fourth-order valence-electron chi connectivity index (χ4n) is 10.3. The molecule has 0 aromatic heterocycles. The first-order valence-electron chi connectivity index (χ1n) is 21.1. The number of hydrogen-bond donors (Lipinski definition) is 0. The topological polar surface area (TPSA) is 0 Å². The minimum absolute atomic E-state index is 1.36. The van der Waals surface area contributed by atoms with Gasteiger partial charge in [0.2, 0.25) is 0 Å². The largest absolute Gasteiger partial charge is 0.0714 e. The lowest BCUT2D eigenvalue weighted by Crippen LogP contribution is -2.90. The molecule has 46 heavy (non-hydrogen) atoms. The zero-order chi connectivity index (χ0) is 34.2. The third kappa shape index (κ3) is 14.9. The summed E-state index contributed by atoms with van der Waals surface area (Å²) < 4.78 is 0. The molecule has 0 N–H and O–H groups in total. The van der Waals surface area contributed by atoms with Gasteiger partial charge in [-0.1, -0.05) is 268 Å². The second-order valence-corrected chi connectivity index (χ2v) is 55.8. The van der Waals surface area contributed by atoms with Gasteiger partial charge in [-0.3, -0.25) is 0 Å². The van der Waals surface area contributed by atoms with Crippen molar-refractivity contribution >= 4 is 34.6 Å². The summed E-state index contributed by atoms with van der Waals surface area (Å²) in [6.45, 7) is 23.1. The Morgan fingerprint density at radius 1 is 0.326 bits per heavy atom. The minimum atomic E-state index is -1.70. The van der Waals surface area contributed by atoms with Crippen molar-refractivity contribution in [2.24, 2.45) is 0 Å². The molecule has 4 heteroatoms. The van der Waals surface area contributed by atoms with Crippen molar-refractivity contribution in [1.82, 2.24) is 0 Å². The van der Waals surface area contributed by atoms with Crippen LogP contribution >= 0.6 is 0 Å². The van der Waals surface area contributed by atoms with Crippen LogP contribution in [0, 0.1) is 0 Å². The highest BCUT2D eigenvalue weighted by molar-refractivity contribution is 7.93. The van der Waals surface area contributed by atoms with Crippen LogP contribution in [0.5, 0.6) is 0 Å². The lowest BCUT2D eigenvalue weighted by atomic mass is 10.1. The van der Waals surface area contributed by atoms with E-state index in [-0.39, 0.29) is 0 Å². The van der Waals surface area contributed by atoms with E-state index in [1.165, 1.54) is 154 Å². The predicted molar refractivity (Wildman–Crippen MR) is 227 cm³/mol. The second-order valence-electron chi connectivity index (χ2n) is 17.4. The zero-order valence-corrected chi connectivity index (χ0v) is 37.5. The molecule has 0 unspecified atom stereocenters. The minimum Gasteiger partial charge on any atom is -0.0714 e. The summed E-state index contributed by atoms with van der Waals surface area (Å²) in [5.74, 6) is 0. The number of hydrogen-bond acceptors (Lipinski definition) is 0. The van der Waals surface area contributed by atoms with E-state index in [1.54, 1.807) is 18.1 Å². The van der Waals surface area contributed by atoms with E-state index < -0.39 is 29.4 Å². The van der Waals surface area contributed by atoms with Crippen molar-refractivity contribution in [3.05, 3.63) is 30.3 Å². The molecule has 1 rings (SSSR count). The highest BCUT2D eigenvalue weighted by atomic mass is 29.9. The molecule has 0 aliphatic heterocycles. The van der Waals surface area contributed by atoms with Crippen LogP contribution in [0.25, 0.3) is 0 Å². The molecule has 0 amide bonds. The molecule has 0 radical (unpaired) electrons. The van der Waals surface area contributed by atoms with Gasteiger partial charge in [0.1, 0.15) is 0 Å². The Kier molecular flexibility index (Phi) is 24.1. The van der Waals surface area contributed by atoms with Gasteiger partial charge in [0.05, 0.1) is 6.63 Å². The average molecular weight is 703 g/mol. The quantitative estimate of drug-likeness (QED) is 0.0534. The van der Waals surface area contributed by atoms with E-state index in [9.17, 15) is 0 Å². The summed E-state index contributed by atoms with van der Waals surface area (Å²) in [5, 5.41) is 1.94. The lowest BCUT2D eigenvalue weighted by Gasteiger charge is -2.61. The molecule has 0 nitrogen and oxygen atoms in total. The maximum atomic E-state index is 2.96. The summed E-state index contributed by atoms with van der Waals surface area (Å²) in [6.07, 6.45) is 35.0. The molecule has 0 atom stereocenters. The molecule has 0 spiro atoms. The normalized spacial score (nSPS) is 13.1. The molecule has 0 saturated heterocycles. The van der Waals surface area contributed by atoms with Crippen LogP contribution in [-0.2, 0) is 0 Å². The van der Waals surface area contributed by atoms with Crippen molar-refractivity contribution in [2.75, 3.05) is 0 Å². The van der Waals surface area contributed by atoms with Gasteiger partial charge in [0.15, 0.2) is 0 Å². The van der Waals surface area contributed by atoms with Gasteiger partial charge in [-0.15, -0.1) is 0 Å². The molecule has 0 fully saturated rings. The molecule has 1 aromatic carbocycles. The van der Waals surface area contributed by atoms with E-state index in [1.807, 2.05) is 5.19 Å².